The highest BCUT2D eigenvalue weighted by atomic mass is 32.2. The van der Waals surface area contributed by atoms with Gasteiger partial charge in [-0.05, 0) is 79.3 Å². The van der Waals surface area contributed by atoms with Crippen LogP contribution in [0.25, 0.3) is 10.9 Å². The quantitative estimate of drug-likeness (QED) is 0.344. The maximum atomic E-state index is 13.4. The summed E-state index contributed by atoms with van der Waals surface area (Å²) in [6.45, 7) is 2.57. The summed E-state index contributed by atoms with van der Waals surface area (Å²) < 4.78 is 18.6. The minimum absolute atomic E-state index is 0.0152. The second-order valence-electron chi connectivity index (χ2n) is 9.38. The minimum atomic E-state index is -0.782. The maximum absolute atomic E-state index is 13.4. The van der Waals surface area contributed by atoms with Crippen molar-refractivity contribution in [1.29, 1.82) is 0 Å². The van der Waals surface area contributed by atoms with E-state index < -0.39 is 18.0 Å². The van der Waals surface area contributed by atoms with Crippen molar-refractivity contribution in [2.45, 2.75) is 36.9 Å². The first-order valence-corrected chi connectivity index (χ1v) is 13.3. The summed E-state index contributed by atoms with van der Waals surface area (Å²) in [5.74, 6) is -0.701. The van der Waals surface area contributed by atoms with E-state index in [1.54, 1.807) is 31.1 Å². The van der Waals surface area contributed by atoms with Crippen LogP contribution < -0.4 is 0 Å². The Bertz CT molecular complexity index is 1180. The van der Waals surface area contributed by atoms with E-state index >= 15 is 0 Å². The van der Waals surface area contributed by atoms with E-state index in [9.17, 15) is 19.4 Å². The molecule has 1 saturated heterocycles. The lowest BCUT2D eigenvalue weighted by Crippen LogP contribution is -2.44. The molecule has 8 heteroatoms. The Morgan fingerprint density at radius 1 is 1.28 bits per heavy atom. The summed E-state index contributed by atoms with van der Waals surface area (Å²) >= 11 is 1.58. The summed E-state index contributed by atoms with van der Waals surface area (Å²) in [6, 6.07) is 14.3. The predicted octanol–water partition coefficient (Wildman–Crippen LogP) is 5.15. The number of carboxylic acids is 1. The second-order valence-corrected chi connectivity index (χ2v) is 10.5. The van der Waals surface area contributed by atoms with Gasteiger partial charge >= 0.3 is 5.97 Å². The molecule has 192 valence electrons. The molecule has 0 bridgehead atoms. The molecule has 0 amide bonds. The maximum Gasteiger partial charge on any atom is 0.308 e. The molecule has 1 aliphatic heterocycles. The molecule has 1 unspecified atom stereocenters. The molecule has 6 nitrogen and oxygen atoms in total. The molecule has 1 fully saturated rings. The van der Waals surface area contributed by atoms with Crippen molar-refractivity contribution < 1.29 is 24.1 Å². The Kier molecular flexibility index (Phi) is 9.31. The fraction of sp³-hybridized carbons (Fsp3) is 0.429. The monoisotopic (exact) mass is 512 g/mol. The number of aliphatic hydroxyl groups excluding tert-OH is 1. The number of ether oxygens (including phenoxy) is 1. The van der Waals surface area contributed by atoms with Crippen LogP contribution in [0.4, 0.5) is 4.39 Å². The van der Waals surface area contributed by atoms with E-state index in [4.69, 9.17) is 4.74 Å². The van der Waals surface area contributed by atoms with E-state index in [1.807, 2.05) is 30.3 Å². The first kappa shape index (κ1) is 26.5. The molecule has 0 aliphatic carbocycles. The summed E-state index contributed by atoms with van der Waals surface area (Å²) in [6.07, 6.45) is 2.94. The number of halogens is 1. The van der Waals surface area contributed by atoms with Crippen molar-refractivity contribution in [3.05, 3.63) is 71.7 Å². The average molecular weight is 513 g/mol. The van der Waals surface area contributed by atoms with E-state index in [0.29, 0.717) is 26.0 Å². The van der Waals surface area contributed by atoms with Gasteiger partial charge < -0.3 is 19.8 Å². The van der Waals surface area contributed by atoms with Gasteiger partial charge in [0.05, 0.1) is 24.1 Å². The predicted molar refractivity (Wildman–Crippen MR) is 139 cm³/mol. The molecule has 0 radical (unpaired) electrons. The van der Waals surface area contributed by atoms with Gasteiger partial charge in [0.15, 0.2) is 0 Å². The smallest absolute Gasteiger partial charge is 0.308 e. The van der Waals surface area contributed by atoms with Gasteiger partial charge in [-0.3, -0.25) is 9.78 Å². The number of hydrogen-bond donors (Lipinski definition) is 2. The van der Waals surface area contributed by atoms with Crippen LogP contribution in [-0.4, -0.2) is 58.6 Å². The van der Waals surface area contributed by atoms with Crippen LogP contribution in [0.5, 0.6) is 0 Å². The lowest BCUT2D eigenvalue weighted by molar-refractivity contribution is -0.146. The SMILES string of the molecule is COCc1ccc2nccc(C(O)CC[C@@H]3CCN(CCSc4cccc(F)c4)C[C@@H]3C(=O)O)c2c1. The van der Waals surface area contributed by atoms with Crippen molar-refractivity contribution in [3.63, 3.8) is 0 Å². The molecule has 2 heterocycles. The van der Waals surface area contributed by atoms with Gasteiger partial charge in [0.25, 0.3) is 0 Å². The zero-order valence-corrected chi connectivity index (χ0v) is 21.3. The molecule has 1 aliphatic rings. The van der Waals surface area contributed by atoms with Crippen LogP contribution in [-0.2, 0) is 16.1 Å². The molecule has 0 saturated carbocycles. The third-order valence-corrected chi connectivity index (χ3v) is 7.92. The van der Waals surface area contributed by atoms with Crippen LogP contribution in [0, 0.1) is 17.7 Å². The van der Waals surface area contributed by atoms with Gasteiger partial charge in [-0.1, -0.05) is 12.1 Å². The number of hydrogen-bond acceptors (Lipinski definition) is 6. The number of thioether (sulfide) groups is 1. The van der Waals surface area contributed by atoms with E-state index in [0.717, 1.165) is 52.2 Å². The van der Waals surface area contributed by atoms with E-state index in [-0.39, 0.29) is 11.7 Å². The van der Waals surface area contributed by atoms with Crippen LogP contribution in [0.3, 0.4) is 0 Å². The fourth-order valence-corrected chi connectivity index (χ4v) is 5.99. The Balaban J connectivity index is 1.33. The fourth-order valence-electron chi connectivity index (χ4n) is 5.03. The zero-order valence-electron chi connectivity index (χ0n) is 20.5. The first-order chi connectivity index (χ1) is 17.4. The number of aliphatic hydroxyl groups is 1. The molecule has 2 aromatic carbocycles. The van der Waals surface area contributed by atoms with Crippen LogP contribution in [0.1, 0.15) is 36.5 Å². The van der Waals surface area contributed by atoms with Gasteiger partial charge in [-0.15, -0.1) is 11.8 Å². The number of fused-ring (bicyclic) bond motifs is 1. The highest BCUT2D eigenvalue weighted by molar-refractivity contribution is 7.99. The van der Waals surface area contributed by atoms with Gasteiger partial charge in [0, 0.05) is 42.4 Å². The third kappa shape index (κ3) is 6.82. The molecule has 0 spiro atoms. The minimum Gasteiger partial charge on any atom is -0.481 e. The Hall–Kier alpha value is -2.52. The van der Waals surface area contributed by atoms with Crippen molar-refractivity contribution in [2.24, 2.45) is 11.8 Å². The topological polar surface area (TPSA) is 82.9 Å². The Morgan fingerprint density at radius 2 is 2.14 bits per heavy atom. The number of benzene rings is 2. The number of piperidine rings is 1. The average Bonchev–Trinajstić information content (AvgIpc) is 2.87. The van der Waals surface area contributed by atoms with Crippen LogP contribution in [0.2, 0.25) is 0 Å². The zero-order chi connectivity index (χ0) is 25.5. The highest BCUT2D eigenvalue weighted by Crippen LogP contribution is 2.33. The number of aromatic nitrogens is 1. The van der Waals surface area contributed by atoms with Gasteiger partial charge in [0.1, 0.15) is 5.82 Å². The van der Waals surface area contributed by atoms with Crippen molar-refractivity contribution in [1.82, 2.24) is 9.88 Å². The first-order valence-electron chi connectivity index (χ1n) is 12.3. The number of methoxy groups -OCH3 is 1. The van der Waals surface area contributed by atoms with Crippen LogP contribution >= 0.6 is 11.8 Å². The molecule has 36 heavy (non-hydrogen) atoms. The second kappa shape index (κ2) is 12.6. The molecule has 1 aromatic heterocycles. The Labute approximate surface area is 215 Å². The summed E-state index contributed by atoms with van der Waals surface area (Å²) in [5.41, 5.74) is 2.65. The molecule has 3 aromatic rings. The standard InChI is InChI=1S/C28H33FN2O4S/c1-35-18-19-5-7-26-24(15-19)23(9-11-30-26)27(32)8-6-20-10-12-31(17-25(20)28(33)34)13-14-36-22-4-2-3-21(29)16-22/h2-5,7,9,11,15-16,20,25,27,32H,6,8,10,12-14,17-18H2,1H3,(H,33,34)/t20-,25+,27?/m1/s1. The number of carbonyl (C=O) groups is 1. The number of aliphatic carboxylic acids is 1. The largest absolute Gasteiger partial charge is 0.481 e. The summed E-state index contributed by atoms with van der Waals surface area (Å²) in [5, 5.41) is 21.9. The number of rotatable bonds is 11. The number of pyridine rings is 1. The van der Waals surface area contributed by atoms with Crippen molar-refractivity contribution in [2.75, 3.05) is 32.5 Å². The highest BCUT2D eigenvalue weighted by Gasteiger charge is 2.34. The number of nitrogens with zero attached hydrogens (tertiary/aromatic N) is 2. The number of likely N-dealkylation sites (tertiary alicyclic amines) is 1. The lowest BCUT2D eigenvalue weighted by Gasteiger charge is -2.37. The number of carboxylic acid groups (broad SMARTS) is 1. The van der Waals surface area contributed by atoms with Crippen LogP contribution in [0.15, 0.2) is 59.6 Å². The Morgan fingerprint density at radius 3 is 2.92 bits per heavy atom. The summed E-state index contributed by atoms with van der Waals surface area (Å²) in [4.78, 5) is 19.6. The van der Waals surface area contributed by atoms with Gasteiger partial charge in [0.2, 0.25) is 0 Å². The van der Waals surface area contributed by atoms with Gasteiger partial charge in [-0.2, -0.15) is 0 Å². The van der Waals surface area contributed by atoms with Gasteiger partial charge in [-0.25, -0.2) is 4.39 Å². The summed E-state index contributed by atoms with van der Waals surface area (Å²) in [7, 11) is 1.65. The molecule has 2 N–H and O–H groups in total. The van der Waals surface area contributed by atoms with E-state index in [1.165, 1.54) is 12.1 Å². The third-order valence-electron chi connectivity index (χ3n) is 6.95. The molecule has 4 rings (SSSR count). The van der Waals surface area contributed by atoms with Crippen molar-refractivity contribution >= 4 is 28.6 Å². The van der Waals surface area contributed by atoms with Crippen molar-refractivity contribution in [3.8, 4) is 0 Å². The normalized spacial score (nSPS) is 19.4. The molecular weight excluding hydrogens is 479 g/mol. The lowest BCUT2D eigenvalue weighted by atomic mass is 9.81. The van der Waals surface area contributed by atoms with E-state index in [2.05, 4.69) is 9.88 Å². The molecule has 3 atom stereocenters. The molecular formula is C28H33FN2O4S.